The minimum Gasteiger partial charge on any atom is -0.297 e. The molecule has 0 amide bonds. The standard InChI is InChI=1S/C16H16ClFO/c17-15(8-3-5-11(18)6-4-8)16(19)14-12-9-1-2-10(7-9)13(12)14/h3-6,9-10,12-15H,1-2,7H2. The maximum atomic E-state index is 12.9. The van der Waals surface area contributed by atoms with E-state index in [1.807, 2.05) is 0 Å². The molecule has 1 aromatic carbocycles. The van der Waals surface area contributed by atoms with Gasteiger partial charge in [0, 0.05) is 5.92 Å². The van der Waals surface area contributed by atoms with E-state index < -0.39 is 5.38 Å². The number of fused-ring (bicyclic) bond motifs is 5. The fourth-order valence-corrected chi connectivity index (χ4v) is 4.96. The van der Waals surface area contributed by atoms with Crippen molar-refractivity contribution in [1.29, 1.82) is 0 Å². The fraction of sp³-hybridized carbons (Fsp3) is 0.562. The SMILES string of the molecule is O=C(C(Cl)c1ccc(F)cc1)C1C2C3CCC(C3)C12. The minimum absolute atomic E-state index is 0.167. The zero-order valence-electron chi connectivity index (χ0n) is 10.6. The fourth-order valence-electron chi connectivity index (χ4n) is 4.67. The van der Waals surface area contributed by atoms with Crippen LogP contribution in [0.15, 0.2) is 24.3 Å². The van der Waals surface area contributed by atoms with Gasteiger partial charge in [0.05, 0.1) is 0 Å². The van der Waals surface area contributed by atoms with Crippen LogP contribution >= 0.6 is 11.6 Å². The zero-order chi connectivity index (χ0) is 13.1. The van der Waals surface area contributed by atoms with Gasteiger partial charge < -0.3 is 0 Å². The molecule has 0 aliphatic heterocycles. The first-order valence-corrected chi connectivity index (χ1v) is 7.53. The number of benzene rings is 1. The number of carbonyl (C=O) groups is 1. The van der Waals surface area contributed by atoms with Crippen LogP contribution in [0.25, 0.3) is 0 Å². The van der Waals surface area contributed by atoms with Gasteiger partial charge in [-0.05, 0) is 60.6 Å². The number of hydrogen-bond acceptors (Lipinski definition) is 1. The molecule has 3 aliphatic rings. The lowest BCUT2D eigenvalue weighted by molar-refractivity contribution is -0.121. The molecule has 0 heterocycles. The minimum atomic E-state index is -0.601. The van der Waals surface area contributed by atoms with E-state index in [1.165, 1.54) is 31.4 Å². The van der Waals surface area contributed by atoms with Crippen molar-refractivity contribution in [2.75, 3.05) is 0 Å². The number of hydrogen-bond donors (Lipinski definition) is 0. The Hall–Kier alpha value is -0.890. The molecule has 0 aromatic heterocycles. The Morgan fingerprint density at radius 3 is 2.32 bits per heavy atom. The lowest BCUT2D eigenvalue weighted by Crippen LogP contribution is -2.14. The molecule has 2 bridgehead atoms. The van der Waals surface area contributed by atoms with Crippen molar-refractivity contribution in [2.45, 2.75) is 24.6 Å². The maximum absolute atomic E-state index is 12.9. The topological polar surface area (TPSA) is 17.1 Å². The summed E-state index contributed by atoms with van der Waals surface area (Å²) in [5.41, 5.74) is 0.727. The van der Waals surface area contributed by atoms with Crippen LogP contribution in [0.1, 0.15) is 30.2 Å². The molecule has 100 valence electrons. The molecular formula is C16H16ClFO. The lowest BCUT2D eigenvalue weighted by atomic mass is 9.96. The average molecular weight is 279 g/mol. The normalized spacial score (nSPS) is 40.0. The molecule has 3 fully saturated rings. The lowest BCUT2D eigenvalue weighted by Gasteiger charge is -2.12. The molecule has 5 atom stereocenters. The number of carbonyl (C=O) groups excluding carboxylic acids is 1. The summed E-state index contributed by atoms with van der Waals surface area (Å²) in [4.78, 5) is 12.5. The summed E-state index contributed by atoms with van der Waals surface area (Å²) < 4.78 is 12.9. The summed E-state index contributed by atoms with van der Waals surface area (Å²) in [6.45, 7) is 0. The van der Waals surface area contributed by atoms with E-state index in [0.717, 1.165) is 17.4 Å². The van der Waals surface area contributed by atoms with Gasteiger partial charge >= 0.3 is 0 Å². The summed E-state index contributed by atoms with van der Waals surface area (Å²) in [6.07, 6.45) is 3.95. The molecule has 0 N–H and O–H groups in total. The van der Waals surface area contributed by atoms with Crippen molar-refractivity contribution < 1.29 is 9.18 Å². The molecule has 0 radical (unpaired) electrons. The van der Waals surface area contributed by atoms with Crippen LogP contribution in [-0.2, 0) is 4.79 Å². The smallest absolute Gasteiger partial charge is 0.158 e. The van der Waals surface area contributed by atoms with E-state index in [1.54, 1.807) is 12.1 Å². The van der Waals surface area contributed by atoms with Gasteiger partial charge in [0.25, 0.3) is 0 Å². The molecule has 3 saturated carbocycles. The first-order valence-electron chi connectivity index (χ1n) is 7.10. The molecule has 3 heteroatoms. The predicted octanol–water partition coefficient (Wildman–Crippen LogP) is 3.97. The predicted molar refractivity (Wildman–Crippen MR) is 71.3 cm³/mol. The Labute approximate surface area is 117 Å². The maximum Gasteiger partial charge on any atom is 0.158 e. The van der Waals surface area contributed by atoms with E-state index >= 15 is 0 Å². The third kappa shape index (κ3) is 1.69. The molecule has 19 heavy (non-hydrogen) atoms. The van der Waals surface area contributed by atoms with Crippen LogP contribution in [0.4, 0.5) is 4.39 Å². The Kier molecular flexibility index (Phi) is 2.54. The second-order valence-electron chi connectivity index (χ2n) is 6.33. The summed E-state index contributed by atoms with van der Waals surface area (Å²) in [7, 11) is 0. The largest absolute Gasteiger partial charge is 0.297 e. The quantitative estimate of drug-likeness (QED) is 0.765. The van der Waals surface area contributed by atoms with Gasteiger partial charge in [0.2, 0.25) is 0 Å². The van der Waals surface area contributed by atoms with Gasteiger partial charge in [-0.15, -0.1) is 11.6 Å². The Morgan fingerprint density at radius 2 is 1.74 bits per heavy atom. The average Bonchev–Trinajstić information content (AvgIpc) is 2.85. The van der Waals surface area contributed by atoms with Crippen molar-refractivity contribution in [3.05, 3.63) is 35.6 Å². The first-order chi connectivity index (χ1) is 9.16. The van der Waals surface area contributed by atoms with Crippen molar-refractivity contribution in [3.8, 4) is 0 Å². The molecule has 1 aromatic rings. The second kappa shape index (κ2) is 4.05. The Morgan fingerprint density at radius 1 is 1.16 bits per heavy atom. The highest BCUT2D eigenvalue weighted by molar-refractivity contribution is 6.31. The van der Waals surface area contributed by atoms with Gasteiger partial charge in [-0.3, -0.25) is 4.79 Å². The van der Waals surface area contributed by atoms with Crippen LogP contribution < -0.4 is 0 Å². The third-order valence-electron chi connectivity index (χ3n) is 5.48. The van der Waals surface area contributed by atoms with Crippen molar-refractivity contribution in [2.24, 2.45) is 29.6 Å². The van der Waals surface area contributed by atoms with E-state index in [0.29, 0.717) is 11.8 Å². The van der Waals surface area contributed by atoms with E-state index in [9.17, 15) is 9.18 Å². The van der Waals surface area contributed by atoms with Crippen LogP contribution in [0.2, 0.25) is 0 Å². The molecular weight excluding hydrogens is 263 g/mol. The van der Waals surface area contributed by atoms with Gasteiger partial charge in [0.15, 0.2) is 5.78 Å². The van der Waals surface area contributed by atoms with Crippen molar-refractivity contribution in [3.63, 3.8) is 0 Å². The number of Topliss-reactive ketones (excluding diaryl/α,β-unsaturated/α-hetero) is 1. The molecule has 3 aliphatic carbocycles. The van der Waals surface area contributed by atoms with Crippen LogP contribution in [0.5, 0.6) is 0 Å². The highest BCUT2D eigenvalue weighted by Gasteiger charge is 2.67. The van der Waals surface area contributed by atoms with Gasteiger partial charge in [0.1, 0.15) is 11.2 Å². The summed E-state index contributed by atoms with van der Waals surface area (Å²) in [5, 5.41) is -0.601. The molecule has 1 nitrogen and oxygen atoms in total. The molecule has 4 rings (SSSR count). The highest BCUT2D eigenvalue weighted by Crippen LogP contribution is 2.70. The Balaban J connectivity index is 1.51. The van der Waals surface area contributed by atoms with Crippen molar-refractivity contribution in [1.82, 2.24) is 0 Å². The third-order valence-corrected chi connectivity index (χ3v) is 5.94. The van der Waals surface area contributed by atoms with Crippen LogP contribution in [0, 0.1) is 35.4 Å². The Bertz CT molecular complexity index is 510. The number of ketones is 1. The van der Waals surface area contributed by atoms with Gasteiger partial charge in [-0.1, -0.05) is 12.1 Å². The number of rotatable bonds is 3. The van der Waals surface area contributed by atoms with Gasteiger partial charge in [-0.2, -0.15) is 0 Å². The molecule has 0 spiro atoms. The highest BCUT2D eigenvalue weighted by atomic mass is 35.5. The number of alkyl halides is 1. The number of halogens is 2. The summed E-state index contributed by atoms with van der Waals surface area (Å²) in [5.74, 6) is 2.86. The second-order valence-corrected chi connectivity index (χ2v) is 6.77. The van der Waals surface area contributed by atoms with Gasteiger partial charge in [-0.25, -0.2) is 4.39 Å². The van der Waals surface area contributed by atoms with E-state index in [-0.39, 0.29) is 17.5 Å². The molecule has 0 saturated heterocycles. The molecule has 5 unspecified atom stereocenters. The van der Waals surface area contributed by atoms with Crippen LogP contribution in [-0.4, -0.2) is 5.78 Å². The summed E-state index contributed by atoms with van der Waals surface area (Å²) >= 11 is 6.30. The van der Waals surface area contributed by atoms with E-state index in [4.69, 9.17) is 11.6 Å². The van der Waals surface area contributed by atoms with Crippen molar-refractivity contribution >= 4 is 17.4 Å². The summed E-state index contributed by atoms with van der Waals surface area (Å²) in [6, 6.07) is 5.99. The van der Waals surface area contributed by atoms with Crippen LogP contribution in [0.3, 0.4) is 0 Å². The first kappa shape index (κ1) is 11.9. The monoisotopic (exact) mass is 278 g/mol. The zero-order valence-corrected chi connectivity index (χ0v) is 11.3. The van der Waals surface area contributed by atoms with E-state index in [2.05, 4.69) is 0 Å².